The highest BCUT2D eigenvalue weighted by Crippen LogP contribution is 2.19. The van der Waals surface area contributed by atoms with Crippen molar-refractivity contribution >= 4 is 17.9 Å². The number of amides is 2. The third-order valence-electron chi connectivity index (χ3n) is 4.80. The van der Waals surface area contributed by atoms with Gasteiger partial charge in [-0.05, 0) is 49.8 Å². The molecule has 0 aliphatic carbocycles. The number of piperazine rings is 1. The van der Waals surface area contributed by atoms with Gasteiger partial charge in [-0.3, -0.25) is 14.6 Å². The quantitative estimate of drug-likeness (QED) is 0.805. The van der Waals surface area contributed by atoms with Crippen molar-refractivity contribution < 1.29 is 19.1 Å². The van der Waals surface area contributed by atoms with Crippen LogP contribution in [-0.2, 0) is 10.4 Å². The molecule has 3 rings (SSSR count). The second-order valence-corrected chi connectivity index (χ2v) is 7.49. The molecule has 6 nitrogen and oxygen atoms in total. The number of benzene rings is 1. The van der Waals surface area contributed by atoms with Gasteiger partial charge in [-0.15, -0.1) is 0 Å². The van der Waals surface area contributed by atoms with Gasteiger partial charge in [0.2, 0.25) is 5.91 Å². The van der Waals surface area contributed by atoms with Gasteiger partial charge in [-0.1, -0.05) is 12.1 Å². The third kappa shape index (κ3) is 5.26. The Hall–Kier alpha value is -3.06. The van der Waals surface area contributed by atoms with E-state index in [0.717, 1.165) is 5.56 Å². The van der Waals surface area contributed by atoms with Crippen LogP contribution in [0.1, 0.15) is 35.5 Å². The van der Waals surface area contributed by atoms with E-state index in [1.165, 1.54) is 24.4 Å². The normalized spacial score (nSPS) is 15.0. The minimum atomic E-state index is -1.13. The van der Waals surface area contributed by atoms with Crippen LogP contribution in [0, 0.1) is 5.82 Å². The Bertz CT molecular complexity index is 912. The molecule has 1 fully saturated rings. The Morgan fingerprint density at radius 2 is 1.69 bits per heavy atom. The Labute approximate surface area is 169 Å². The number of hydrogen-bond acceptors (Lipinski definition) is 4. The van der Waals surface area contributed by atoms with Gasteiger partial charge in [0.05, 0.1) is 5.69 Å². The first kappa shape index (κ1) is 20.7. The summed E-state index contributed by atoms with van der Waals surface area (Å²) in [4.78, 5) is 32.6. The van der Waals surface area contributed by atoms with Gasteiger partial charge < -0.3 is 14.9 Å². The maximum Gasteiger partial charge on any atom is 0.254 e. The molecule has 0 spiro atoms. The Kier molecular flexibility index (Phi) is 6.08. The molecule has 2 aromatic rings. The van der Waals surface area contributed by atoms with Crippen molar-refractivity contribution in [1.29, 1.82) is 0 Å². The van der Waals surface area contributed by atoms with Crippen molar-refractivity contribution in [2.45, 2.75) is 19.4 Å². The van der Waals surface area contributed by atoms with Crippen LogP contribution in [0.15, 0.2) is 48.7 Å². The van der Waals surface area contributed by atoms with Gasteiger partial charge in [-0.2, -0.15) is 0 Å². The Morgan fingerprint density at radius 1 is 1.07 bits per heavy atom. The molecule has 0 unspecified atom stereocenters. The minimum Gasteiger partial charge on any atom is -0.384 e. The van der Waals surface area contributed by atoms with E-state index in [9.17, 15) is 19.1 Å². The van der Waals surface area contributed by atoms with Crippen LogP contribution in [0.25, 0.3) is 6.08 Å². The first-order valence-corrected chi connectivity index (χ1v) is 9.45. The average molecular weight is 397 g/mol. The Morgan fingerprint density at radius 3 is 2.31 bits per heavy atom. The molecule has 0 bridgehead atoms. The monoisotopic (exact) mass is 397 g/mol. The van der Waals surface area contributed by atoms with E-state index >= 15 is 0 Å². The minimum absolute atomic E-state index is 0.144. The predicted octanol–water partition coefficient (Wildman–Crippen LogP) is 2.45. The first-order valence-electron chi connectivity index (χ1n) is 9.45. The summed E-state index contributed by atoms with van der Waals surface area (Å²) in [6.45, 7) is 4.95. The number of aliphatic hydroxyl groups is 1. The topological polar surface area (TPSA) is 73.7 Å². The lowest BCUT2D eigenvalue weighted by Crippen LogP contribution is -2.50. The number of nitrogens with zero attached hydrogens (tertiary/aromatic N) is 3. The van der Waals surface area contributed by atoms with Gasteiger partial charge in [0, 0.05) is 44.0 Å². The van der Waals surface area contributed by atoms with Crippen molar-refractivity contribution in [3.8, 4) is 0 Å². The second kappa shape index (κ2) is 8.53. The maximum atomic E-state index is 12.9. The predicted molar refractivity (Wildman–Crippen MR) is 107 cm³/mol. The zero-order valence-electron chi connectivity index (χ0n) is 16.5. The number of carbonyl (C=O) groups excluding carboxylic acids is 2. The van der Waals surface area contributed by atoms with E-state index < -0.39 is 5.60 Å². The fourth-order valence-electron chi connectivity index (χ4n) is 3.06. The number of aromatic nitrogens is 1. The van der Waals surface area contributed by atoms with E-state index in [1.54, 1.807) is 54.0 Å². The van der Waals surface area contributed by atoms with Crippen LogP contribution in [-0.4, -0.2) is 57.9 Å². The second-order valence-electron chi connectivity index (χ2n) is 7.49. The summed E-state index contributed by atoms with van der Waals surface area (Å²) < 4.78 is 12.9. The largest absolute Gasteiger partial charge is 0.384 e. The number of pyridine rings is 1. The highest BCUT2D eigenvalue weighted by Gasteiger charge is 2.25. The van der Waals surface area contributed by atoms with Gasteiger partial charge in [0.15, 0.2) is 0 Å². The summed E-state index contributed by atoms with van der Waals surface area (Å²) in [6.07, 6.45) is 4.62. The first-order chi connectivity index (χ1) is 13.7. The molecule has 1 aliphatic rings. The van der Waals surface area contributed by atoms with Crippen LogP contribution in [0.5, 0.6) is 0 Å². The molecule has 7 heteroatoms. The number of carbonyl (C=O) groups is 2. The molecule has 1 aromatic heterocycles. The summed E-state index contributed by atoms with van der Waals surface area (Å²) in [5, 5.41) is 10.1. The van der Waals surface area contributed by atoms with Crippen LogP contribution in [0.2, 0.25) is 0 Å². The molecule has 1 saturated heterocycles. The molecule has 0 atom stereocenters. The lowest BCUT2D eigenvalue weighted by Gasteiger charge is -2.34. The molecular formula is C22H24FN3O3. The van der Waals surface area contributed by atoms with Crippen LogP contribution in [0.4, 0.5) is 4.39 Å². The van der Waals surface area contributed by atoms with E-state index in [-0.39, 0.29) is 17.6 Å². The zero-order chi connectivity index (χ0) is 21.0. The Balaban J connectivity index is 1.58. The zero-order valence-corrected chi connectivity index (χ0v) is 16.5. The van der Waals surface area contributed by atoms with E-state index in [2.05, 4.69) is 4.98 Å². The molecule has 29 heavy (non-hydrogen) atoms. The molecule has 152 valence electrons. The molecular weight excluding hydrogens is 373 g/mol. The number of rotatable bonds is 4. The van der Waals surface area contributed by atoms with Gasteiger partial charge in [-0.25, -0.2) is 4.39 Å². The lowest BCUT2D eigenvalue weighted by molar-refractivity contribution is -0.127. The van der Waals surface area contributed by atoms with Gasteiger partial charge >= 0.3 is 0 Å². The molecule has 1 aromatic carbocycles. The summed E-state index contributed by atoms with van der Waals surface area (Å²) in [6, 6.07) is 9.12. The van der Waals surface area contributed by atoms with E-state index in [4.69, 9.17) is 0 Å². The van der Waals surface area contributed by atoms with Crippen molar-refractivity contribution in [3.05, 3.63) is 71.3 Å². The standard InChI is InChI=1S/C22H24FN3O3/c1-22(2,29)19-15-17(9-10-24-19)21(28)26-13-11-25(12-14-26)20(27)8-5-16-3-6-18(23)7-4-16/h3-10,15,29H,11-14H2,1-2H3/b8-5+. The maximum absolute atomic E-state index is 12.9. The average Bonchev–Trinajstić information content (AvgIpc) is 2.72. The number of halogens is 1. The SMILES string of the molecule is CC(C)(O)c1cc(C(=O)N2CCN(C(=O)/C=C/c3ccc(F)cc3)CC2)ccn1. The van der Waals surface area contributed by atoms with E-state index in [0.29, 0.717) is 37.4 Å². The van der Waals surface area contributed by atoms with E-state index in [1.807, 2.05) is 0 Å². The van der Waals surface area contributed by atoms with Gasteiger partial charge in [0.1, 0.15) is 11.4 Å². The number of hydrogen-bond donors (Lipinski definition) is 1. The third-order valence-corrected chi connectivity index (χ3v) is 4.80. The summed E-state index contributed by atoms with van der Waals surface area (Å²) in [5.74, 6) is -0.611. The molecule has 0 radical (unpaired) electrons. The van der Waals surface area contributed by atoms with Crippen molar-refractivity contribution in [3.63, 3.8) is 0 Å². The van der Waals surface area contributed by atoms with Crippen molar-refractivity contribution in [2.75, 3.05) is 26.2 Å². The molecule has 2 heterocycles. The molecule has 1 aliphatic heterocycles. The van der Waals surface area contributed by atoms with Crippen LogP contribution >= 0.6 is 0 Å². The van der Waals surface area contributed by atoms with Crippen LogP contribution in [0.3, 0.4) is 0 Å². The van der Waals surface area contributed by atoms with Crippen molar-refractivity contribution in [2.24, 2.45) is 0 Å². The highest BCUT2D eigenvalue weighted by atomic mass is 19.1. The smallest absolute Gasteiger partial charge is 0.254 e. The fraction of sp³-hybridized carbons (Fsp3) is 0.318. The fourth-order valence-corrected chi connectivity index (χ4v) is 3.06. The summed E-state index contributed by atoms with van der Waals surface area (Å²) in [5.41, 5.74) is 0.517. The van der Waals surface area contributed by atoms with Crippen molar-refractivity contribution in [1.82, 2.24) is 14.8 Å². The molecule has 2 amide bonds. The summed E-state index contributed by atoms with van der Waals surface area (Å²) >= 11 is 0. The molecule has 0 saturated carbocycles. The highest BCUT2D eigenvalue weighted by molar-refractivity contribution is 5.95. The van der Waals surface area contributed by atoms with Crippen LogP contribution < -0.4 is 0 Å². The summed E-state index contributed by atoms with van der Waals surface area (Å²) in [7, 11) is 0. The van der Waals surface area contributed by atoms with Gasteiger partial charge in [0.25, 0.3) is 5.91 Å². The lowest BCUT2D eigenvalue weighted by atomic mass is 10.0. The molecule has 1 N–H and O–H groups in total.